The summed E-state index contributed by atoms with van der Waals surface area (Å²) < 4.78 is 1.96. The maximum absolute atomic E-state index is 4.50. The monoisotopic (exact) mass is 489 g/mol. The number of hydrogen-bond donors (Lipinski definition) is 2. The predicted molar refractivity (Wildman–Crippen MR) is 123 cm³/mol. The number of rotatable bonds is 7. The van der Waals surface area contributed by atoms with E-state index in [2.05, 4.69) is 65.9 Å². The van der Waals surface area contributed by atoms with Crippen LogP contribution in [-0.2, 0) is 19.9 Å². The summed E-state index contributed by atoms with van der Waals surface area (Å²) in [5.74, 6) is 1.43. The van der Waals surface area contributed by atoms with Gasteiger partial charge in [0.2, 0.25) is 0 Å². The number of nitrogens with zero attached hydrogens (tertiary/aromatic N) is 3. The average Bonchev–Trinajstić information content (AvgIpc) is 3.15. The van der Waals surface area contributed by atoms with Gasteiger partial charge in [-0.05, 0) is 56.5 Å². The maximum atomic E-state index is 4.50. The second-order valence-electron chi connectivity index (χ2n) is 6.86. The minimum absolute atomic E-state index is 0. The first-order chi connectivity index (χ1) is 11.9. The topological polar surface area (TPSA) is 54.2 Å². The summed E-state index contributed by atoms with van der Waals surface area (Å²) in [6.45, 7) is 9.57. The molecule has 0 spiro atoms. The van der Waals surface area contributed by atoms with Crippen LogP contribution >= 0.6 is 35.3 Å². The van der Waals surface area contributed by atoms with Gasteiger partial charge >= 0.3 is 0 Å². The van der Waals surface area contributed by atoms with E-state index in [1.165, 1.54) is 16.1 Å². The van der Waals surface area contributed by atoms with Crippen molar-refractivity contribution in [3.8, 4) is 0 Å². The molecule has 7 heteroatoms. The van der Waals surface area contributed by atoms with Crippen molar-refractivity contribution in [3.63, 3.8) is 0 Å². The molecule has 2 aromatic rings. The van der Waals surface area contributed by atoms with Gasteiger partial charge in [0.15, 0.2) is 5.96 Å². The van der Waals surface area contributed by atoms with Gasteiger partial charge in [-0.25, -0.2) is 0 Å². The highest BCUT2D eigenvalue weighted by Crippen LogP contribution is 2.15. The Balaban J connectivity index is 0.00000338. The summed E-state index contributed by atoms with van der Waals surface area (Å²) >= 11 is 1.83. The second-order valence-corrected chi connectivity index (χ2v) is 7.90. The van der Waals surface area contributed by atoms with Crippen molar-refractivity contribution in [2.24, 2.45) is 18.0 Å². The van der Waals surface area contributed by atoms with Crippen LogP contribution in [0.2, 0.25) is 0 Å². The molecular formula is C19H32IN5S. The zero-order chi connectivity index (χ0) is 18.4. The molecule has 2 N–H and O–H groups in total. The molecule has 0 aliphatic carbocycles. The molecule has 0 fully saturated rings. The Morgan fingerprint density at radius 3 is 2.58 bits per heavy atom. The number of guanidine groups is 1. The number of hydrogen-bond acceptors (Lipinski definition) is 3. The van der Waals surface area contributed by atoms with E-state index in [1.807, 2.05) is 30.1 Å². The lowest BCUT2D eigenvalue weighted by Crippen LogP contribution is -2.44. The first kappa shape index (κ1) is 23.0. The zero-order valence-electron chi connectivity index (χ0n) is 16.7. The first-order valence-electron chi connectivity index (χ1n) is 8.89. The number of aromatic nitrogens is 2. The molecule has 0 saturated carbocycles. The molecule has 2 atom stereocenters. The van der Waals surface area contributed by atoms with Gasteiger partial charge in [0.1, 0.15) is 0 Å². The molecule has 0 amide bonds. The number of halogens is 1. The van der Waals surface area contributed by atoms with Gasteiger partial charge in [-0.2, -0.15) is 5.10 Å². The van der Waals surface area contributed by atoms with Gasteiger partial charge in [-0.3, -0.25) is 9.67 Å². The molecule has 2 heterocycles. The molecule has 0 aromatic carbocycles. The largest absolute Gasteiger partial charge is 0.356 e. The SMILES string of the molecule is CN=C(NCC(C)Cc1cccs1)NC(C)Cc1c(C)nn(C)c1C.I. The van der Waals surface area contributed by atoms with E-state index in [0.717, 1.165) is 31.0 Å². The Morgan fingerprint density at radius 2 is 2.04 bits per heavy atom. The summed E-state index contributed by atoms with van der Waals surface area (Å²) in [6, 6.07) is 4.61. The lowest BCUT2D eigenvalue weighted by molar-refractivity contribution is 0.553. The Morgan fingerprint density at radius 1 is 1.31 bits per heavy atom. The minimum Gasteiger partial charge on any atom is -0.356 e. The van der Waals surface area contributed by atoms with Gasteiger partial charge < -0.3 is 10.6 Å². The molecule has 5 nitrogen and oxygen atoms in total. The van der Waals surface area contributed by atoms with Crippen LogP contribution < -0.4 is 10.6 Å². The van der Waals surface area contributed by atoms with E-state index in [9.17, 15) is 0 Å². The average molecular weight is 489 g/mol. The number of aryl methyl sites for hydroxylation is 2. The van der Waals surface area contributed by atoms with E-state index in [1.54, 1.807) is 0 Å². The third-order valence-corrected chi connectivity index (χ3v) is 5.42. The molecule has 0 radical (unpaired) electrons. The maximum Gasteiger partial charge on any atom is 0.191 e. The molecule has 146 valence electrons. The van der Waals surface area contributed by atoms with E-state index in [0.29, 0.717) is 12.0 Å². The summed E-state index contributed by atoms with van der Waals surface area (Å²) in [5.41, 5.74) is 3.67. The van der Waals surface area contributed by atoms with Crippen LogP contribution in [0.1, 0.15) is 35.7 Å². The van der Waals surface area contributed by atoms with Crippen molar-refractivity contribution in [2.45, 2.75) is 46.6 Å². The number of nitrogens with one attached hydrogen (secondary N) is 2. The molecule has 26 heavy (non-hydrogen) atoms. The van der Waals surface area contributed by atoms with E-state index >= 15 is 0 Å². The van der Waals surface area contributed by atoms with Crippen LogP contribution in [0.3, 0.4) is 0 Å². The van der Waals surface area contributed by atoms with Crippen molar-refractivity contribution in [1.82, 2.24) is 20.4 Å². The predicted octanol–water partition coefficient (Wildman–Crippen LogP) is 3.69. The zero-order valence-corrected chi connectivity index (χ0v) is 19.8. The van der Waals surface area contributed by atoms with Crippen LogP contribution in [0.4, 0.5) is 0 Å². The Labute approximate surface area is 178 Å². The Bertz CT molecular complexity index is 693. The highest BCUT2D eigenvalue weighted by Gasteiger charge is 2.14. The Hall–Kier alpha value is -1.09. The Kier molecular flexibility index (Phi) is 9.63. The van der Waals surface area contributed by atoms with Crippen LogP contribution in [0.5, 0.6) is 0 Å². The normalized spacial score (nSPS) is 13.8. The summed E-state index contributed by atoms with van der Waals surface area (Å²) in [6.07, 6.45) is 2.04. The molecule has 2 unspecified atom stereocenters. The van der Waals surface area contributed by atoms with Gasteiger partial charge in [0.25, 0.3) is 0 Å². The lowest BCUT2D eigenvalue weighted by Gasteiger charge is -2.20. The minimum atomic E-state index is 0. The van der Waals surface area contributed by atoms with Gasteiger partial charge in [0, 0.05) is 37.3 Å². The second kappa shape index (κ2) is 10.9. The fraction of sp³-hybridized carbons (Fsp3) is 0.579. The third-order valence-electron chi connectivity index (χ3n) is 4.52. The smallest absolute Gasteiger partial charge is 0.191 e. The molecule has 0 saturated heterocycles. The first-order valence-corrected chi connectivity index (χ1v) is 9.77. The summed E-state index contributed by atoms with van der Waals surface area (Å²) in [7, 11) is 3.83. The fourth-order valence-corrected chi connectivity index (χ4v) is 3.88. The van der Waals surface area contributed by atoms with Crippen LogP contribution in [0, 0.1) is 19.8 Å². The van der Waals surface area contributed by atoms with Gasteiger partial charge in [-0.15, -0.1) is 35.3 Å². The molecule has 0 aliphatic rings. The van der Waals surface area contributed by atoms with E-state index in [4.69, 9.17) is 0 Å². The van der Waals surface area contributed by atoms with Crippen LogP contribution in [0.15, 0.2) is 22.5 Å². The van der Waals surface area contributed by atoms with E-state index in [-0.39, 0.29) is 24.0 Å². The van der Waals surface area contributed by atoms with Gasteiger partial charge in [0.05, 0.1) is 5.69 Å². The molecular weight excluding hydrogens is 457 g/mol. The highest BCUT2D eigenvalue weighted by molar-refractivity contribution is 14.0. The number of thiophene rings is 1. The van der Waals surface area contributed by atoms with Crippen molar-refractivity contribution in [2.75, 3.05) is 13.6 Å². The third kappa shape index (κ3) is 6.57. The molecule has 2 rings (SSSR count). The van der Waals surface area contributed by atoms with Crippen molar-refractivity contribution in [1.29, 1.82) is 0 Å². The van der Waals surface area contributed by atoms with Crippen molar-refractivity contribution >= 4 is 41.3 Å². The van der Waals surface area contributed by atoms with Crippen molar-refractivity contribution < 1.29 is 0 Å². The van der Waals surface area contributed by atoms with Crippen LogP contribution in [0.25, 0.3) is 0 Å². The highest BCUT2D eigenvalue weighted by atomic mass is 127. The van der Waals surface area contributed by atoms with Crippen LogP contribution in [-0.4, -0.2) is 35.4 Å². The molecule has 0 bridgehead atoms. The number of aliphatic imine (C=N–C) groups is 1. The van der Waals surface area contributed by atoms with Crippen molar-refractivity contribution in [3.05, 3.63) is 39.3 Å². The van der Waals surface area contributed by atoms with E-state index < -0.39 is 0 Å². The molecule has 2 aromatic heterocycles. The summed E-state index contributed by atoms with van der Waals surface area (Å²) in [5, 5.41) is 13.6. The quantitative estimate of drug-likeness (QED) is 0.355. The van der Waals surface area contributed by atoms with Gasteiger partial charge in [-0.1, -0.05) is 13.0 Å². The summed E-state index contributed by atoms with van der Waals surface area (Å²) in [4.78, 5) is 5.80. The standard InChI is InChI=1S/C19H31N5S.HI/c1-13(10-17-8-7-9-25-17)12-21-19(20-5)22-14(2)11-18-15(3)23-24(6)16(18)4;/h7-9,13-14H,10-12H2,1-6H3,(H2,20,21,22);1H. The molecule has 0 aliphatic heterocycles. The fourth-order valence-electron chi connectivity index (χ4n) is 3.01. The lowest BCUT2D eigenvalue weighted by atomic mass is 10.1.